The van der Waals surface area contributed by atoms with Crippen LogP contribution in [0.15, 0.2) is 0 Å². The predicted octanol–water partition coefficient (Wildman–Crippen LogP) is 5.95. The second kappa shape index (κ2) is 14.9. The normalized spacial score (nSPS) is 11.4. The summed E-state index contributed by atoms with van der Waals surface area (Å²) in [7, 11) is 0. The number of hydrogen-bond acceptors (Lipinski definition) is 4. The Morgan fingerprint density at radius 3 is 1.42 bits per heavy atom. The van der Waals surface area contributed by atoms with Gasteiger partial charge >= 0.3 is 5.97 Å². The van der Waals surface area contributed by atoms with E-state index in [1.165, 1.54) is 25.7 Å². The van der Waals surface area contributed by atoms with Gasteiger partial charge in [0.2, 0.25) is 0 Å². The van der Waals surface area contributed by atoms with Crippen molar-refractivity contribution in [2.75, 3.05) is 0 Å². The molecule has 0 aliphatic rings. The minimum Gasteiger partial charge on any atom is -0.460 e. The third kappa shape index (κ3) is 16.3. The number of esters is 1. The van der Waals surface area contributed by atoms with Gasteiger partial charge in [-0.05, 0) is 40.0 Å². The van der Waals surface area contributed by atoms with Gasteiger partial charge in [0.25, 0.3) is 0 Å². The SMILES string of the molecule is CCCCCCCCC(=O)C(=O)CCCCCCCC(=O)OC(C)(C)C. The lowest BCUT2D eigenvalue weighted by molar-refractivity contribution is -0.154. The minimum atomic E-state index is -0.417. The Balaban J connectivity index is 3.53. The van der Waals surface area contributed by atoms with Crippen LogP contribution in [0.1, 0.15) is 118 Å². The predicted molar refractivity (Wildman–Crippen MR) is 106 cm³/mol. The summed E-state index contributed by atoms with van der Waals surface area (Å²) in [5.41, 5.74) is -0.417. The van der Waals surface area contributed by atoms with Crippen LogP contribution in [0.25, 0.3) is 0 Å². The number of hydrogen-bond donors (Lipinski definition) is 0. The van der Waals surface area contributed by atoms with E-state index in [9.17, 15) is 14.4 Å². The monoisotopic (exact) mass is 368 g/mol. The van der Waals surface area contributed by atoms with E-state index < -0.39 is 5.60 Å². The minimum absolute atomic E-state index is 0.145. The molecule has 0 bridgehead atoms. The molecule has 0 N–H and O–H groups in total. The first-order chi connectivity index (χ1) is 12.3. The molecule has 0 saturated heterocycles. The maximum atomic E-state index is 11.8. The first kappa shape index (κ1) is 24.8. The molecule has 26 heavy (non-hydrogen) atoms. The van der Waals surface area contributed by atoms with Crippen molar-refractivity contribution < 1.29 is 19.1 Å². The number of unbranched alkanes of at least 4 members (excludes halogenated alkanes) is 9. The average Bonchev–Trinajstić information content (AvgIpc) is 2.55. The van der Waals surface area contributed by atoms with Crippen molar-refractivity contribution in [1.82, 2.24) is 0 Å². The Morgan fingerprint density at radius 1 is 0.615 bits per heavy atom. The van der Waals surface area contributed by atoms with Gasteiger partial charge in [-0.25, -0.2) is 0 Å². The highest BCUT2D eigenvalue weighted by Crippen LogP contribution is 2.13. The first-order valence-electron chi connectivity index (χ1n) is 10.5. The molecule has 0 fully saturated rings. The van der Waals surface area contributed by atoms with Gasteiger partial charge in [-0.1, -0.05) is 58.3 Å². The Hall–Kier alpha value is -1.19. The van der Waals surface area contributed by atoms with Crippen LogP contribution in [-0.4, -0.2) is 23.1 Å². The lowest BCUT2D eigenvalue weighted by atomic mass is 10.0. The molecular formula is C22H40O4. The second-order valence-corrected chi connectivity index (χ2v) is 8.22. The van der Waals surface area contributed by atoms with Gasteiger partial charge in [0, 0.05) is 19.3 Å². The van der Waals surface area contributed by atoms with E-state index in [4.69, 9.17) is 4.74 Å². The number of carbonyl (C=O) groups excluding carboxylic acids is 3. The molecule has 0 unspecified atom stereocenters. The summed E-state index contributed by atoms with van der Waals surface area (Å²) in [5.74, 6) is -0.536. The molecule has 4 nitrogen and oxygen atoms in total. The molecule has 0 aromatic rings. The molecule has 0 atom stereocenters. The molecule has 152 valence electrons. The van der Waals surface area contributed by atoms with Crippen molar-refractivity contribution in [1.29, 1.82) is 0 Å². The van der Waals surface area contributed by atoms with Crippen LogP contribution in [-0.2, 0) is 19.1 Å². The maximum Gasteiger partial charge on any atom is 0.306 e. The lowest BCUT2D eigenvalue weighted by Gasteiger charge is -2.19. The molecule has 0 heterocycles. The van der Waals surface area contributed by atoms with Crippen molar-refractivity contribution in [2.24, 2.45) is 0 Å². The van der Waals surface area contributed by atoms with Crippen LogP contribution < -0.4 is 0 Å². The fraction of sp³-hybridized carbons (Fsp3) is 0.864. The van der Waals surface area contributed by atoms with Crippen molar-refractivity contribution >= 4 is 17.5 Å². The van der Waals surface area contributed by atoms with Crippen molar-refractivity contribution in [3.8, 4) is 0 Å². The van der Waals surface area contributed by atoms with E-state index in [0.29, 0.717) is 19.3 Å². The Morgan fingerprint density at radius 2 is 1.00 bits per heavy atom. The number of Topliss-reactive ketones (excluding diaryl/α,β-unsaturated/α-hetero) is 2. The number of rotatable bonds is 16. The van der Waals surface area contributed by atoms with Crippen LogP contribution >= 0.6 is 0 Å². The van der Waals surface area contributed by atoms with Crippen LogP contribution in [0.3, 0.4) is 0 Å². The fourth-order valence-electron chi connectivity index (χ4n) is 2.82. The molecule has 4 heteroatoms. The number of ketones is 2. The summed E-state index contributed by atoms with van der Waals surface area (Å²) >= 11 is 0. The zero-order valence-corrected chi connectivity index (χ0v) is 17.5. The van der Waals surface area contributed by atoms with Gasteiger partial charge in [0.15, 0.2) is 11.6 Å². The lowest BCUT2D eigenvalue weighted by Crippen LogP contribution is -2.23. The summed E-state index contributed by atoms with van der Waals surface area (Å²) < 4.78 is 5.26. The smallest absolute Gasteiger partial charge is 0.306 e. The Bertz CT molecular complexity index is 407. The molecule has 0 aromatic heterocycles. The number of ether oxygens (including phenoxy) is 1. The molecule has 0 radical (unpaired) electrons. The van der Waals surface area contributed by atoms with Crippen LogP contribution in [0.5, 0.6) is 0 Å². The van der Waals surface area contributed by atoms with Gasteiger partial charge in [0.1, 0.15) is 5.60 Å². The standard InChI is InChI=1S/C22H40O4/c1-5-6-7-8-10-13-16-19(23)20(24)17-14-11-9-12-15-18-21(25)26-22(2,3)4/h5-18H2,1-4H3. The zero-order valence-electron chi connectivity index (χ0n) is 17.5. The van der Waals surface area contributed by atoms with E-state index in [-0.39, 0.29) is 17.5 Å². The maximum absolute atomic E-state index is 11.8. The topological polar surface area (TPSA) is 60.4 Å². The molecule has 0 rings (SSSR count). The highest BCUT2D eigenvalue weighted by Gasteiger charge is 2.15. The summed E-state index contributed by atoms with van der Waals surface area (Å²) in [4.78, 5) is 35.2. The van der Waals surface area contributed by atoms with E-state index in [1.807, 2.05) is 20.8 Å². The van der Waals surface area contributed by atoms with Crippen LogP contribution in [0.2, 0.25) is 0 Å². The second-order valence-electron chi connectivity index (χ2n) is 8.22. The van der Waals surface area contributed by atoms with Crippen molar-refractivity contribution in [2.45, 2.75) is 123 Å². The van der Waals surface area contributed by atoms with Crippen molar-refractivity contribution in [3.05, 3.63) is 0 Å². The van der Waals surface area contributed by atoms with Gasteiger partial charge in [-0.15, -0.1) is 0 Å². The van der Waals surface area contributed by atoms with Crippen LogP contribution in [0, 0.1) is 0 Å². The molecule has 0 saturated carbocycles. The molecule has 0 aliphatic carbocycles. The highest BCUT2D eigenvalue weighted by molar-refractivity contribution is 6.37. The third-order valence-electron chi connectivity index (χ3n) is 4.27. The molecule has 0 amide bonds. The first-order valence-corrected chi connectivity index (χ1v) is 10.5. The van der Waals surface area contributed by atoms with Crippen molar-refractivity contribution in [3.63, 3.8) is 0 Å². The van der Waals surface area contributed by atoms with E-state index in [1.54, 1.807) is 0 Å². The van der Waals surface area contributed by atoms with E-state index >= 15 is 0 Å². The van der Waals surface area contributed by atoms with Crippen LogP contribution in [0.4, 0.5) is 0 Å². The Kier molecular flexibility index (Phi) is 14.2. The fourth-order valence-corrected chi connectivity index (χ4v) is 2.82. The van der Waals surface area contributed by atoms with Gasteiger partial charge < -0.3 is 4.74 Å². The molecular weight excluding hydrogens is 328 g/mol. The van der Waals surface area contributed by atoms with Gasteiger partial charge in [-0.3, -0.25) is 14.4 Å². The molecule has 0 aliphatic heterocycles. The van der Waals surface area contributed by atoms with Gasteiger partial charge in [-0.2, -0.15) is 0 Å². The largest absolute Gasteiger partial charge is 0.460 e. The summed E-state index contributed by atoms with van der Waals surface area (Å²) in [5, 5.41) is 0. The zero-order chi connectivity index (χ0) is 19.8. The molecule has 0 spiro atoms. The van der Waals surface area contributed by atoms with E-state index in [2.05, 4.69) is 6.92 Å². The summed E-state index contributed by atoms with van der Waals surface area (Å²) in [6.07, 6.45) is 12.5. The summed E-state index contributed by atoms with van der Waals surface area (Å²) in [6, 6.07) is 0. The Labute approximate surface area is 160 Å². The summed E-state index contributed by atoms with van der Waals surface area (Å²) in [6.45, 7) is 7.80. The van der Waals surface area contributed by atoms with E-state index in [0.717, 1.165) is 44.9 Å². The quantitative estimate of drug-likeness (QED) is 0.192. The number of carbonyl (C=O) groups is 3. The van der Waals surface area contributed by atoms with Gasteiger partial charge in [0.05, 0.1) is 0 Å². The third-order valence-corrected chi connectivity index (χ3v) is 4.27. The molecule has 0 aromatic carbocycles. The average molecular weight is 369 g/mol. The highest BCUT2D eigenvalue weighted by atomic mass is 16.6.